The van der Waals surface area contributed by atoms with Gasteiger partial charge >= 0.3 is 0 Å². The fourth-order valence-electron chi connectivity index (χ4n) is 2.43. The highest BCUT2D eigenvalue weighted by molar-refractivity contribution is 5.93. The minimum atomic E-state index is 0.0678. The smallest absolute Gasteiger partial charge is 0.121 e. The van der Waals surface area contributed by atoms with Crippen LogP contribution in [-0.4, -0.2) is 15.4 Å². The van der Waals surface area contributed by atoms with Crippen LogP contribution in [0.4, 0.5) is 0 Å². The maximum absolute atomic E-state index is 4.33. The van der Waals surface area contributed by atoms with Crippen LogP contribution in [0.5, 0.6) is 0 Å². The summed E-state index contributed by atoms with van der Waals surface area (Å²) in [7, 11) is 0. The number of nitrogens with zero attached hydrogens (tertiary/aromatic N) is 2. The Hall–Kier alpha value is -2.16. The van der Waals surface area contributed by atoms with E-state index in [0.717, 1.165) is 11.0 Å². The second-order valence-corrected chi connectivity index (χ2v) is 5.80. The maximum atomic E-state index is 4.33. The lowest BCUT2D eigenvalue weighted by Gasteiger charge is -2.23. The number of aromatic amines is 1. The van der Waals surface area contributed by atoms with Crippen molar-refractivity contribution in [3.05, 3.63) is 48.0 Å². The highest BCUT2D eigenvalue weighted by Crippen LogP contribution is 2.36. The van der Waals surface area contributed by atoms with Crippen LogP contribution < -0.4 is 0 Å². The largest absolute Gasteiger partial charge is 0.197 e. The van der Waals surface area contributed by atoms with Gasteiger partial charge in [-0.05, 0) is 22.6 Å². The zero-order valence-corrected chi connectivity index (χ0v) is 11.4. The van der Waals surface area contributed by atoms with Gasteiger partial charge in [0.15, 0.2) is 0 Å². The average Bonchev–Trinajstić information content (AvgIpc) is 2.85. The highest BCUT2D eigenvalue weighted by Gasteiger charge is 2.22. The monoisotopic (exact) mass is 251 g/mol. The lowest BCUT2D eigenvalue weighted by Crippen LogP contribution is -2.13. The van der Waals surface area contributed by atoms with Crippen molar-refractivity contribution in [3.63, 3.8) is 0 Å². The molecule has 0 bridgehead atoms. The molecule has 2 aromatic carbocycles. The van der Waals surface area contributed by atoms with Gasteiger partial charge in [-0.15, -0.1) is 0 Å². The Morgan fingerprint density at radius 3 is 2.32 bits per heavy atom. The van der Waals surface area contributed by atoms with Crippen molar-refractivity contribution in [1.29, 1.82) is 0 Å². The molecular weight excluding hydrogens is 234 g/mol. The number of nitrogens with one attached hydrogen (secondary N) is 1. The summed E-state index contributed by atoms with van der Waals surface area (Å²) in [5.41, 5.74) is 5.58. The molecule has 0 atom stereocenters. The summed E-state index contributed by atoms with van der Waals surface area (Å²) in [4.78, 5) is 0. The van der Waals surface area contributed by atoms with Crippen LogP contribution in [0.1, 0.15) is 26.3 Å². The minimum absolute atomic E-state index is 0.0678. The Kier molecular flexibility index (Phi) is 2.63. The van der Waals surface area contributed by atoms with E-state index in [4.69, 9.17) is 0 Å². The van der Waals surface area contributed by atoms with Crippen molar-refractivity contribution < 1.29 is 0 Å². The summed E-state index contributed by atoms with van der Waals surface area (Å²) in [6.07, 6.45) is 0. The average molecular weight is 251 g/mol. The van der Waals surface area contributed by atoms with E-state index in [1.54, 1.807) is 0 Å². The molecule has 3 aromatic rings. The predicted octanol–water partition coefficient (Wildman–Crippen LogP) is 3.92. The van der Waals surface area contributed by atoms with Gasteiger partial charge in [-0.25, -0.2) is 0 Å². The van der Waals surface area contributed by atoms with E-state index in [1.165, 1.54) is 16.7 Å². The molecule has 0 amide bonds. The summed E-state index contributed by atoms with van der Waals surface area (Å²) in [6, 6.07) is 14.6. The Labute approximate surface area is 112 Å². The highest BCUT2D eigenvalue weighted by atomic mass is 15.3. The molecule has 0 aliphatic heterocycles. The molecule has 0 aliphatic rings. The van der Waals surface area contributed by atoms with E-state index >= 15 is 0 Å². The molecular formula is C16H17N3. The molecule has 0 unspecified atom stereocenters. The molecule has 0 saturated heterocycles. The Bertz CT molecular complexity index is 706. The van der Waals surface area contributed by atoms with Crippen LogP contribution in [0.3, 0.4) is 0 Å². The van der Waals surface area contributed by atoms with E-state index in [0.29, 0.717) is 0 Å². The molecule has 96 valence electrons. The van der Waals surface area contributed by atoms with Crippen molar-refractivity contribution in [3.8, 4) is 11.1 Å². The second kappa shape index (κ2) is 4.19. The summed E-state index contributed by atoms with van der Waals surface area (Å²) >= 11 is 0. The van der Waals surface area contributed by atoms with Crippen molar-refractivity contribution in [2.75, 3.05) is 0 Å². The zero-order valence-electron chi connectivity index (χ0n) is 11.4. The number of fused-ring (bicyclic) bond motifs is 1. The van der Waals surface area contributed by atoms with Gasteiger partial charge in [0.2, 0.25) is 0 Å². The molecule has 1 N–H and O–H groups in total. The third-order valence-electron chi connectivity index (χ3n) is 3.36. The molecule has 0 fully saturated rings. The lowest BCUT2D eigenvalue weighted by molar-refractivity contribution is 0.592. The molecule has 19 heavy (non-hydrogen) atoms. The summed E-state index contributed by atoms with van der Waals surface area (Å²) in [6.45, 7) is 6.67. The predicted molar refractivity (Wildman–Crippen MR) is 78.0 cm³/mol. The van der Waals surface area contributed by atoms with E-state index in [-0.39, 0.29) is 5.41 Å². The van der Waals surface area contributed by atoms with E-state index in [2.05, 4.69) is 66.5 Å². The van der Waals surface area contributed by atoms with Gasteiger partial charge in [0.1, 0.15) is 11.0 Å². The first-order valence-electron chi connectivity index (χ1n) is 6.47. The Morgan fingerprint density at radius 1 is 0.895 bits per heavy atom. The third-order valence-corrected chi connectivity index (χ3v) is 3.36. The number of hydrogen-bond donors (Lipinski definition) is 1. The van der Waals surface area contributed by atoms with Crippen molar-refractivity contribution in [2.24, 2.45) is 0 Å². The zero-order chi connectivity index (χ0) is 13.5. The molecule has 0 radical (unpaired) electrons. The Morgan fingerprint density at radius 2 is 1.63 bits per heavy atom. The fraction of sp³-hybridized carbons (Fsp3) is 0.250. The molecule has 3 heteroatoms. The number of aromatic nitrogens is 3. The molecule has 0 aliphatic carbocycles. The number of rotatable bonds is 1. The van der Waals surface area contributed by atoms with E-state index in [1.807, 2.05) is 12.1 Å². The van der Waals surface area contributed by atoms with Crippen LogP contribution in [0.25, 0.3) is 22.2 Å². The van der Waals surface area contributed by atoms with Gasteiger partial charge in [0, 0.05) is 5.56 Å². The maximum Gasteiger partial charge on any atom is 0.121 e. The third kappa shape index (κ3) is 2.01. The van der Waals surface area contributed by atoms with Crippen LogP contribution in [-0.2, 0) is 5.41 Å². The molecule has 3 rings (SSSR count). The molecule has 0 spiro atoms. The SMILES string of the molecule is CC(C)(C)c1ccc2n[nH]nc2c1-c1ccccc1. The molecule has 0 saturated carbocycles. The van der Waals surface area contributed by atoms with Crippen molar-refractivity contribution in [2.45, 2.75) is 26.2 Å². The first-order chi connectivity index (χ1) is 9.07. The number of benzene rings is 2. The van der Waals surface area contributed by atoms with Crippen molar-refractivity contribution in [1.82, 2.24) is 15.4 Å². The fourth-order valence-corrected chi connectivity index (χ4v) is 2.43. The van der Waals surface area contributed by atoms with Gasteiger partial charge < -0.3 is 0 Å². The van der Waals surface area contributed by atoms with Crippen LogP contribution in [0.2, 0.25) is 0 Å². The topological polar surface area (TPSA) is 41.6 Å². The van der Waals surface area contributed by atoms with Gasteiger partial charge in [0.05, 0.1) is 0 Å². The number of H-pyrrole nitrogens is 1. The second-order valence-electron chi connectivity index (χ2n) is 5.80. The van der Waals surface area contributed by atoms with Crippen LogP contribution in [0, 0.1) is 0 Å². The normalized spacial score (nSPS) is 11.9. The summed E-state index contributed by atoms with van der Waals surface area (Å²) in [5, 5.41) is 11.3. The van der Waals surface area contributed by atoms with Gasteiger partial charge in [0.25, 0.3) is 0 Å². The quantitative estimate of drug-likeness (QED) is 0.712. The first kappa shape index (κ1) is 11.9. The van der Waals surface area contributed by atoms with Gasteiger partial charge in [-0.1, -0.05) is 57.2 Å². The Balaban J connectivity index is 2.39. The summed E-state index contributed by atoms with van der Waals surface area (Å²) < 4.78 is 0. The molecule has 3 nitrogen and oxygen atoms in total. The molecule has 1 aromatic heterocycles. The van der Waals surface area contributed by atoms with Crippen LogP contribution in [0.15, 0.2) is 42.5 Å². The van der Waals surface area contributed by atoms with Crippen LogP contribution >= 0.6 is 0 Å². The summed E-state index contributed by atoms with van der Waals surface area (Å²) in [5.74, 6) is 0. The first-order valence-corrected chi connectivity index (χ1v) is 6.47. The molecule has 1 heterocycles. The lowest BCUT2D eigenvalue weighted by atomic mass is 9.81. The van der Waals surface area contributed by atoms with E-state index < -0.39 is 0 Å². The van der Waals surface area contributed by atoms with Gasteiger partial charge in [-0.2, -0.15) is 15.4 Å². The van der Waals surface area contributed by atoms with E-state index in [9.17, 15) is 0 Å². The van der Waals surface area contributed by atoms with Gasteiger partial charge in [-0.3, -0.25) is 0 Å². The minimum Gasteiger partial charge on any atom is -0.197 e. The standard InChI is InChI=1S/C16H17N3/c1-16(2,3)12-9-10-13-15(18-19-17-13)14(12)11-7-5-4-6-8-11/h4-10H,1-3H3,(H,17,18,19). The number of hydrogen-bond acceptors (Lipinski definition) is 2. The van der Waals surface area contributed by atoms with Crippen molar-refractivity contribution >= 4 is 11.0 Å².